The highest BCUT2D eigenvalue weighted by atomic mass is 16.6. The lowest BCUT2D eigenvalue weighted by molar-refractivity contribution is -0.401. The Kier molecular flexibility index (Phi) is 6.72. The van der Waals surface area contributed by atoms with Crippen molar-refractivity contribution < 1.29 is 69.9 Å². The second-order valence-electron chi connectivity index (χ2n) is 6.49. The number of aliphatic hydroxyl groups excluding tert-OH is 2. The highest BCUT2D eigenvalue weighted by Gasteiger charge is 2.74. The van der Waals surface area contributed by atoms with Gasteiger partial charge in [-0.1, -0.05) is 0 Å². The van der Waals surface area contributed by atoms with Crippen LogP contribution in [-0.4, -0.2) is 105 Å². The molecule has 0 aromatic rings. The van der Waals surface area contributed by atoms with Crippen LogP contribution in [0.4, 0.5) is 0 Å². The van der Waals surface area contributed by atoms with E-state index in [9.17, 15) is 44.7 Å². The number of aliphatic carboxylic acids is 4. The number of rotatable bonds is 9. The average Bonchev–Trinajstić information content (AvgIpc) is 2.47. The zero-order chi connectivity index (χ0) is 22.1. The standard InChI is InChI=1S/C14H20O14/c15-5(1-6(16)17)10-12(25,2-7(18)19)14(27,4-9(22)23)13(26,3-8(20)21)11(24)28-10/h5,10-11,15,24-27H,1-4H2,(H,16,17)(H,18,19)(H,20,21)(H,22,23)/t5?,10-,11-,12-,13+,14+/m1/s1. The zero-order valence-electron chi connectivity index (χ0n) is 14.1. The Morgan fingerprint density at radius 3 is 1.61 bits per heavy atom. The number of carboxylic acid groups (broad SMARTS) is 4. The minimum absolute atomic E-state index is 1.19. The molecule has 1 rings (SSSR count). The van der Waals surface area contributed by atoms with Gasteiger partial charge in [-0.05, 0) is 0 Å². The molecule has 0 saturated carbocycles. The summed E-state index contributed by atoms with van der Waals surface area (Å²) in [6.07, 6.45) is -13.5. The summed E-state index contributed by atoms with van der Waals surface area (Å²) in [5.74, 6) is -7.42. The van der Waals surface area contributed by atoms with E-state index >= 15 is 0 Å². The van der Waals surface area contributed by atoms with E-state index in [1.807, 2.05) is 0 Å². The first-order valence-electron chi connectivity index (χ1n) is 7.66. The molecule has 1 fully saturated rings. The number of carboxylic acids is 4. The fourth-order valence-electron chi connectivity index (χ4n) is 3.34. The van der Waals surface area contributed by atoms with Gasteiger partial charge in [-0.15, -0.1) is 0 Å². The van der Waals surface area contributed by atoms with E-state index in [0.29, 0.717) is 0 Å². The van der Waals surface area contributed by atoms with Gasteiger partial charge in [-0.2, -0.15) is 0 Å². The quantitative estimate of drug-likeness (QED) is 0.176. The monoisotopic (exact) mass is 412 g/mol. The van der Waals surface area contributed by atoms with Crippen LogP contribution in [-0.2, 0) is 23.9 Å². The lowest BCUT2D eigenvalue weighted by Crippen LogP contribution is -2.82. The minimum atomic E-state index is -3.59. The summed E-state index contributed by atoms with van der Waals surface area (Å²) in [6.45, 7) is 0. The summed E-state index contributed by atoms with van der Waals surface area (Å²) in [5, 5.41) is 88.3. The molecule has 1 unspecified atom stereocenters. The molecule has 1 heterocycles. The van der Waals surface area contributed by atoms with E-state index < -0.39 is 84.9 Å². The molecule has 0 bridgehead atoms. The van der Waals surface area contributed by atoms with Crippen molar-refractivity contribution in [1.29, 1.82) is 0 Å². The van der Waals surface area contributed by atoms with E-state index in [2.05, 4.69) is 0 Å². The third kappa shape index (κ3) is 4.06. The lowest BCUT2D eigenvalue weighted by Gasteiger charge is -2.59. The average molecular weight is 412 g/mol. The molecule has 14 heteroatoms. The van der Waals surface area contributed by atoms with Crippen LogP contribution in [0.15, 0.2) is 0 Å². The maximum Gasteiger partial charge on any atom is 0.306 e. The van der Waals surface area contributed by atoms with Crippen molar-refractivity contribution in [1.82, 2.24) is 0 Å². The summed E-state index contributed by atoms with van der Waals surface area (Å²) in [6, 6.07) is 0. The van der Waals surface area contributed by atoms with Gasteiger partial charge in [0.25, 0.3) is 0 Å². The van der Waals surface area contributed by atoms with Crippen LogP contribution < -0.4 is 0 Å². The zero-order valence-corrected chi connectivity index (χ0v) is 14.1. The van der Waals surface area contributed by atoms with Gasteiger partial charge in [0.15, 0.2) is 11.9 Å². The Bertz CT molecular complexity index is 662. The van der Waals surface area contributed by atoms with Crippen LogP contribution in [0.2, 0.25) is 0 Å². The first-order valence-corrected chi connectivity index (χ1v) is 7.66. The molecule has 6 atom stereocenters. The first kappa shape index (κ1) is 23.7. The Morgan fingerprint density at radius 2 is 1.21 bits per heavy atom. The SMILES string of the molecule is O=C(O)CC(O)[C@H]1O[C@@H](O)[C@@](O)(CC(=O)O)[C@](O)(CC(=O)O)[C@@]1(O)CC(=O)O. The molecule has 1 saturated heterocycles. The molecular formula is C14H20O14. The number of hydrogen-bond donors (Lipinski definition) is 9. The van der Waals surface area contributed by atoms with Crippen LogP contribution in [0.25, 0.3) is 0 Å². The fourth-order valence-corrected chi connectivity index (χ4v) is 3.34. The molecule has 0 radical (unpaired) electrons. The number of carbonyl (C=O) groups is 4. The molecule has 0 spiro atoms. The van der Waals surface area contributed by atoms with Gasteiger partial charge in [-0.3, -0.25) is 19.2 Å². The minimum Gasteiger partial charge on any atom is -0.481 e. The Morgan fingerprint density at radius 1 is 0.786 bits per heavy atom. The van der Waals surface area contributed by atoms with Crippen molar-refractivity contribution in [2.75, 3.05) is 0 Å². The second kappa shape index (κ2) is 7.94. The van der Waals surface area contributed by atoms with Crippen molar-refractivity contribution in [2.24, 2.45) is 0 Å². The molecule has 1 aliphatic heterocycles. The van der Waals surface area contributed by atoms with Gasteiger partial charge < -0.3 is 50.7 Å². The summed E-state index contributed by atoms with van der Waals surface area (Å²) >= 11 is 0. The van der Waals surface area contributed by atoms with Crippen molar-refractivity contribution >= 4 is 23.9 Å². The highest BCUT2D eigenvalue weighted by Crippen LogP contribution is 2.50. The smallest absolute Gasteiger partial charge is 0.306 e. The van der Waals surface area contributed by atoms with Crippen LogP contribution in [0.5, 0.6) is 0 Å². The van der Waals surface area contributed by atoms with E-state index in [-0.39, 0.29) is 0 Å². The predicted molar refractivity (Wildman–Crippen MR) is 80.7 cm³/mol. The van der Waals surface area contributed by atoms with Gasteiger partial charge in [0, 0.05) is 0 Å². The summed E-state index contributed by atoms with van der Waals surface area (Å²) in [4.78, 5) is 44.3. The van der Waals surface area contributed by atoms with Gasteiger partial charge in [-0.25, -0.2) is 0 Å². The summed E-state index contributed by atoms with van der Waals surface area (Å²) < 4.78 is 4.72. The lowest BCUT2D eigenvalue weighted by atomic mass is 9.60. The molecule has 0 aromatic heterocycles. The summed E-state index contributed by atoms with van der Waals surface area (Å²) in [5.41, 5.74) is -10.5. The van der Waals surface area contributed by atoms with Gasteiger partial charge in [0.1, 0.15) is 17.3 Å². The largest absolute Gasteiger partial charge is 0.481 e. The topological polar surface area (TPSA) is 260 Å². The van der Waals surface area contributed by atoms with Crippen LogP contribution in [0.3, 0.4) is 0 Å². The van der Waals surface area contributed by atoms with Crippen LogP contribution in [0, 0.1) is 0 Å². The van der Waals surface area contributed by atoms with E-state index in [1.54, 1.807) is 0 Å². The number of hydrogen-bond acceptors (Lipinski definition) is 10. The predicted octanol–water partition coefficient (Wildman–Crippen LogP) is -3.84. The van der Waals surface area contributed by atoms with E-state index in [0.717, 1.165) is 0 Å². The highest BCUT2D eigenvalue weighted by molar-refractivity contribution is 5.74. The molecule has 14 nitrogen and oxygen atoms in total. The van der Waals surface area contributed by atoms with Crippen molar-refractivity contribution in [3.8, 4) is 0 Å². The second-order valence-corrected chi connectivity index (χ2v) is 6.49. The fraction of sp³-hybridized carbons (Fsp3) is 0.714. The first-order chi connectivity index (χ1) is 12.6. The molecule has 0 aromatic carbocycles. The van der Waals surface area contributed by atoms with Crippen LogP contribution >= 0.6 is 0 Å². The van der Waals surface area contributed by atoms with Gasteiger partial charge in [0.05, 0.1) is 31.8 Å². The number of ether oxygens (including phenoxy) is 1. The third-order valence-electron chi connectivity index (χ3n) is 4.57. The van der Waals surface area contributed by atoms with Crippen molar-refractivity contribution in [2.45, 2.75) is 61.0 Å². The van der Waals surface area contributed by atoms with Crippen molar-refractivity contribution in [3.63, 3.8) is 0 Å². The summed E-state index contributed by atoms with van der Waals surface area (Å²) in [7, 11) is 0. The Hall–Kier alpha value is -2.36. The maximum absolute atomic E-state index is 11.2. The molecule has 9 N–H and O–H groups in total. The van der Waals surface area contributed by atoms with Crippen molar-refractivity contribution in [3.05, 3.63) is 0 Å². The van der Waals surface area contributed by atoms with E-state index in [1.165, 1.54) is 0 Å². The Balaban J connectivity index is 3.71. The number of aliphatic hydroxyl groups is 5. The van der Waals surface area contributed by atoms with E-state index in [4.69, 9.17) is 25.2 Å². The normalized spacial score (nSPS) is 36.5. The maximum atomic E-state index is 11.2. The van der Waals surface area contributed by atoms with Crippen LogP contribution in [0.1, 0.15) is 25.7 Å². The molecule has 28 heavy (non-hydrogen) atoms. The molecule has 0 amide bonds. The van der Waals surface area contributed by atoms with Gasteiger partial charge in [0.2, 0.25) is 0 Å². The Labute approximate surface area is 155 Å². The van der Waals surface area contributed by atoms with Gasteiger partial charge >= 0.3 is 23.9 Å². The molecular weight excluding hydrogens is 392 g/mol. The third-order valence-corrected chi connectivity index (χ3v) is 4.57. The molecule has 0 aliphatic carbocycles. The molecule has 160 valence electrons. The molecule has 1 aliphatic rings.